The highest BCUT2D eigenvalue weighted by Gasteiger charge is 2.06. The number of aromatic nitrogens is 2. The average molecular weight is 216 g/mol. The topological polar surface area (TPSA) is 47.0 Å². The molecule has 1 atom stereocenters. The maximum atomic E-state index is 5.83. The van der Waals surface area contributed by atoms with Gasteiger partial charge in [0.1, 0.15) is 0 Å². The van der Waals surface area contributed by atoms with Gasteiger partial charge in [0.2, 0.25) is 0 Å². The van der Waals surface area contributed by atoms with Crippen LogP contribution in [0.2, 0.25) is 5.15 Å². The first-order valence-corrected chi connectivity index (χ1v) is 4.92. The van der Waals surface area contributed by atoms with E-state index in [9.17, 15) is 0 Å². The molecule has 0 saturated carbocycles. The van der Waals surface area contributed by atoms with Crippen molar-refractivity contribution >= 4 is 17.4 Å². The molecule has 0 fully saturated rings. The molecule has 1 aromatic rings. The van der Waals surface area contributed by atoms with Gasteiger partial charge >= 0.3 is 0 Å². The number of rotatable bonds is 5. The van der Waals surface area contributed by atoms with E-state index in [1.54, 1.807) is 12.4 Å². The van der Waals surface area contributed by atoms with Gasteiger partial charge in [-0.1, -0.05) is 11.6 Å². The van der Waals surface area contributed by atoms with Gasteiger partial charge in [-0.3, -0.25) is 0 Å². The second-order valence-corrected chi connectivity index (χ2v) is 3.26. The van der Waals surface area contributed by atoms with E-state index in [1.807, 2.05) is 13.8 Å². The van der Waals surface area contributed by atoms with Gasteiger partial charge in [-0.15, -0.1) is 0 Å². The molecule has 0 amide bonds. The molecule has 0 saturated heterocycles. The molecule has 0 aliphatic carbocycles. The number of nitrogens with one attached hydrogen (secondary N) is 1. The molecule has 0 aliphatic rings. The van der Waals surface area contributed by atoms with E-state index in [4.69, 9.17) is 16.3 Å². The molecule has 14 heavy (non-hydrogen) atoms. The smallest absolute Gasteiger partial charge is 0.171 e. The molecule has 1 rings (SSSR count). The minimum Gasteiger partial charge on any atom is -0.380 e. The predicted octanol–water partition coefficient (Wildman–Crippen LogP) is 1.97. The van der Waals surface area contributed by atoms with Crippen LogP contribution in [0.4, 0.5) is 5.82 Å². The van der Waals surface area contributed by atoms with E-state index in [2.05, 4.69) is 15.3 Å². The van der Waals surface area contributed by atoms with Crippen molar-refractivity contribution in [3.63, 3.8) is 0 Å². The first-order valence-electron chi connectivity index (χ1n) is 4.54. The zero-order valence-electron chi connectivity index (χ0n) is 8.33. The lowest BCUT2D eigenvalue weighted by Gasteiger charge is -2.14. The van der Waals surface area contributed by atoms with Gasteiger partial charge in [0.25, 0.3) is 0 Å². The Morgan fingerprint density at radius 2 is 2.21 bits per heavy atom. The summed E-state index contributed by atoms with van der Waals surface area (Å²) in [6, 6.07) is 0.171. The quantitative estimate of drug-likeness (QED) is 0.816. The van der Waals surface area contributed by atoms with Gasteiger partial charge < -0.3 is 10.1 Å². The van der Waals surface area contributed by atoms with E-state index in [-0.39, 0.29) is 6.04 Å². The Balaban J connectivity index is 2.47. The van der Waals surface area contributed by atoms with Crippen molar-refractivity contribution in [1.29, 1.82) is 0 Å². The molecule has 1 aromatic heterocycles. The predicted molar refractivity (Wildman–Crippen MR) is 56.6 cm³/mol. The van der Waals surface area contributed by atoms with E-state index in [0.717, 1.165) is 0 Å². The van der Waals surface area contributed by atoms with Crippen LogP contribution in [0.15, 0.2) is 12.4 Å². The molecule has 1 N–H and O–H groups in total. The number of halogens is 1. The lowest BCUT2D eigenvalue weighted by Crippen LogP contribution is -2.22. The standard InChI is InChI=1S/C9H14ClN3O/c1-3-14-6-7(2)13-9-8(10)11-4-5-12-9/h4-5,7H,3,6H2,1-2H3,(H,12,13). The summed E-state index contributed by atoms with van der Waals surface area (Å²) in [5, 5.41) is 3.50. The van der Waals surface area contributed by atoms with Gasteiger partial charge in [0.05, 0.1) is 6.61 Å². The van der Waals surface area contributed by atoms with E-state index < -0.39 is 0 Å². The molecule has 0 bridgehead atoms. The van der Waals surface area contributed by atoms with Gasteiger partial charge in [0.15, 0.2) is 11.0 Å². The zero-order chi connectivity index (χ0) is 10.4. The number of nitrogens with zero attached hydrogens (tertiary/aromatic N) is 2. The summed E-state index contributed by atoms with van der Waals surface area (Å²) in [5.41, 5.74) is 0. The Morgan fingerprint density at radius 1 is 1.50 bits per heavy atom. The summed E-state index contributed by atoms with van der Waals surface area (Å²) in [5.74, 6) is 0.598. The molecule has 0 radical (unpaired) electrons. The van der Waals surface area contributed by atoms with Gasteiger partial charge in [-0.2, -0.15) is 0 Å². The highest BCUT2D eigenvalue weighted by molar-refractivity contribution is 6.31. The summed E-state index contributed by atoms with van der Waals surface area (Å²) >= 11 is 5.83. The van der Waals surface area contributed by atoms with Crippen molar-refractivity contribution < 1.29 is 4.74 Å². The largest absolute Gasteiger partial charge is 0.380 e. The first-order chi connectivity index (χ1) is 6.74. The number of anilines is 1. The van der Waals surface area contributed by atoms with Crippen molar-refractivity contribution in [2.45, 2.75) is 19.9 Å². The van der Waals surface area contributed by atoms with Crippen LogP contribution in [-0.4, -0.2) is 29.2 Å². The van der Waals surface area contributed by atoms with Crippen LogP contribution in [0.5, 0.6) is 0 Å². The number of ether oxygens (including phenoxy) is 1. The molecular weight excluding hydrogens is 202 g/mol. The molecule has 78 valence electrons. The van der Waals surface area contributed by atoms with Crippen LogP contribution in [0, 0.1) is 0 Å². The minimum absolute atomic E-state index is 0.171. The second-order valence-electron chi connectivity index (χ2n) is 2.90. The fraction of sp³-hybridized carbons (Fsp3) is 0.556. The Hall–Kier alpha value is -0.870. The van der Waals surface area contributed by atoms with E-state index in [1.165, 1.54) is 0 Å². The van der Waals surface area contributed by atoms with Gasteiger partial charge in [-0.25, -0.2) is 9.97 Å². The van der Waals surface area contributed by atoms with E-state index >= 15 is 0 Å². The SMILES string of the molecule is CCOCC(C)Nc1nccnc1Cl. The first kappa shape index (κ1) is 11.2. The fourth-order valence-corrected chi connectivity index (χ4v) is 1.15. The summed E-state index contributed by atoms with van der Waals surface area (Å²) < 4.78 is 5.25. The van der Waals surface area contributed by atoms with Crippen LogP contribution in [0.3, 0.4) is 0 Å². The fourth-order valence-electron chi connectivity index (χ4n) is 0.988. The van der Waals surface area contributed by atoms with Crippen molar-refractivity contribution in [1.82, 2.24) is 9.97 Å². The third kappa shape index (κ3) is 3.47. The van der Waals surface area contributed by atoms with Gasteiger partial charge in [-0.05, 0) is 13.8 Å². The third-order valence-corrected chi connectivity index (χ3v) is 1.89. The van der Waals surface area contributed by atoms with Crippen LogP contribution in [0.1, 0.15) is 13.8 Å². The average Bonchev–Trinajstić information content (AvgIpc) is 2.18. The monoisotopic (exact) mass is 215 g/mol. The number of hydrogen-bond acceptors (Lipinski definition) is 4. The lowest BCUT2D eigenvalue weighted by atomic mass is 10.3. The van der Waals surface area contributed by atoms with Crippen molar-refractivity contribution in [3.8, 4) is 0 Å². The number of hydrogen-bond donors (Lipinski definition) is 1. The normalized spacial score (nSPS) is 12.5. The van der Waals surface area contributed by atoms with Crippen LogP contribution < -0.4 is 5.32 Å². The summed E-state index contributed by atoms with van der Waals surface area (Å²) in [4.78, 5) is 7.98. The summed E-state index contributed by atoms with van der Waals surface area (Å²) in [6.45, 7) is 5.30. The molecular formula is C9H14ClN3O. The summed E-state index contributed by atoms with van der Waals surface area (Å²) in [6.07, 6.45) is 3.16. The van der Waals surface area contributed by atoms with Crippen molar-refractivity contribution in [2.24, 2.45) is 0 Å². The van der Waals surface area contributed by atoms with Crippen LogP contribution >= 0.6 is 11.6 Å². The summed E-state index contributed by atoms with van der Waals surface area (Å²) in [7, 11) is 0. The highest BCUT2D eigenvalue weighted by Crippen LogP contribution is 2.14. The zero-order valence-corrected chi connectivity index (χ0v) is 9.08. The molecule has 0 aromatic carbocycles. The minimum atomic E-state index is 0.171. The Morgan fingerprint density at radius 3 is 2.86 bits per heavy atom. The third-order valence-electron chi connectivity index (χ3n) is 1.61. The molecule has 1 heterocycles. The van der Waals surface area contributed by atoms with Gasteiger partial charge in [0, 0.05) is 25.0 Å². The van der Waals surface area contributed by atoms with Crippen molar-refractivity contribution in [2.75, 3.05) is 18.5 Å². The Bertz CT molecular complexity index is 283. The Kier molecular flexibility index (Phi) is 4.62. The van der Waals surface area contributed by atoms with Crippen LogP contribution in [-0.2, 0) is 4.74 Å². The highest BCUT2D eigenvalue weighted by atomic mass is 35.5. The van der Waals surface area contributed by atoms with Crippen molar-refractivity contribution in [3.05, 3.63) is 17.5 Å². The molecule has 0 aliphatic heterocycles. The second kappa shape index (κ2) is 5.78. The molecule has 1 unspecified atom stereocenters. The van der Waals surface area contributed by atoms with Crippen LogP contribution in [0.25, 0.3) is 0 Å². The molecule has 5 heteroatoms. The lowest BCUT2D eigenvalue weighted by molar-refractivity contribution is 0.141. The molecule has 4 nitrogen and oxygen atoms in total. The maximum Gasteiger partial charge on any atom is 0.171 e. The van der Waals surface area contributed by atoms with E-state index in [0.29, 0.717) is 24.2 Å². The Labute approximate surface area is 88.7 Å². The molecule has 0 spiro atoms. The maximum absolute atomic E-state index is 5.83.